The number of hydrogen-bond donors (Lipinski definition) is 1. The van der Waals surface area contributed by atoms with Gasteiger partial charge in [-0.1, -0.05) is 63.9 Å². The Labute approximate surface area is 228 Å². The lowest BCUT2D eigenvalue weighted by molar-refractivity contribution is 0.495. The number of H-pyrrole nitrogens is 1. The zero-order valence-corrected chi connectivity index (χ0v) is 23.8. The molecule has 3 rings (SSSR count). The van der Waals surface area contributed by atoms with Crippen molar-refractivity contribution in [1.29, 1.82) is 0 Å². The molecule has 0 bridgehead atoms. The number of hydrogen-bond acceptors (Lipinski definition) is 1. The molecule has 2 aromatic carbocycles. The fraction of sp³-hybridized carbons (Fsp3) is 0.387. The van der Waals surface area contributed by atoms with E-state index in [0.29, 0.717) is 34.3 Å². The van der Waals surface area contributed by atoms with Crippen molar-refractivity contribution in [1.82, 2.24) is 4.98 Å². The van der Waals surface area contributed by atoms with Crippen LogP contribution in [-0.2, 0) is 6.42 Å². The second kappa shape index (κ2) is 14.3. The van der Waals surface area contributed by atoms with Crippen molar-refractivity contribution in [2.75, 3.05) is 0 Å². The Bertz CT molecular complexity index is 1340. The zero-order valence-electron chi connectivity index (χ0n) is 23.0. The standard InChI is InChI=1S/C20H19ClF3N.C11H18FN/c1-3-4-6-13-17-16(10-9-14(21)19(17)24)25-20(13)11(2)12-7-5-8-15(22)18(12)23;1-6-7-9(4)13-10(5)11(12)8(2)3/h5,7-11,25H,3-4,6H2,1-2H3;2,6-7H2,1,3-5H3/b;11-10+,13-9?. The SMILES string of the molecule is C=C(C)/C(F)=C(/C)N=C(C)CCC.CCCCc1c(C(C)c2cccc(F)c2F)[nH]c2ccc(Cl)c(F)c12. The molecule has 1 N–H and O–H groups in total. The van der Waals surface area contributed by atoms with Gasteiger partial charge in [0.05, 0.1) is 10.7 Å². The minimum absolute atomic E-state index is 0.0559. The first-order chi connectivity index (χ1) is 17.9. The molecule has 0 saturated heterocycles. The number of allylic oxidation sites excluding steroid dienone is 3. The number of nitrogens with one attached hydrogen (secondary N) is 1. The van der Waals surface area contributed by atoms with E-state index in [4.69, 9.17) is 11.6 Å². The molecule has 0 fully saturated rings. The molecule has 0 amide bonds. The molecule has 7 heteroatoms. The normalized spacial score (nSPS) is 13.2. The fourth-order valence-corrected chi connectivity index (χ4v) is 4.52. The number of nitrogens with zero attached hydrogens (tertiary/aromatic N) is 1. The summed E-state index contributed by atoms with van der Waals surface area (Å²) in [4.78, 5) is 7.35. The number of rotatable bonds is 9. The Hall–Kier alpha value is -2.86. The third kappa shape index (κ3) is 7.59. The second-order valence-electron chi connectivity index (χ2n) is 9.55. The van der Waals surface area contributed by atoms with Gasteiger partial charge in [-0.3, -0.25) is 4.99 Å². The summed E-state index contributed by atoms with van der Waals surface area (Å²) in [5.74, 6) is -2.96. The molecular weight excluding hydrogens is 512 g/mol. The Balaban J connectivity index is 0.000000332. The van der Waals surface area contributed by atoms with Crippen molar-refractivity contribution in [3.05, 3.63) is 93.3 Å². The highest BCUT2D eigenvalue weighted by atomic mass is 35.5. The van der Waals surface area contributed by atoms with Crippen molar-refractivity contribution in [3.8, 4) is 0 Å². The van der Waals surface area contributed by atoms with E-state index in [-0.39, 0.29) is 16.4 Å². The Morgan fingerprint density at radius 1 is 1.03 bits per heavy atom. The summed E-state index contributed by atoms with van der Waals surface area (Å²) in [6.45, 7) is 14.7. The number of aromatic amines is 1. The summed E-state index contributed by atoms with van der Waals surface area (Å²) in [5, 5.41) is 0.500. The molecule has 0 saturated carbocycles. The summed E-state index contributed by atoms with van der Waals surface area (Å²) in [6, 6.07) is 7.34. The highest BCUT2D eigenvalue weighted by molar-refractivity contribution is 6.31. The number of halogens is 5. The molecule has 38 heavy (non-hydrogen) atoms. The van der Waals surface area contributed by atoms with E-state index in [1.807, 2.05) is 13.8 Å². The van der Waals surface area contributed by atoms with Gasteiger partial charge in [-0.2, -0.15) is 0 Å². The summed E-state index contributed by atoms with van der Waals surface area (Å²) in [5.41, 5.74) is 4.19. The summed E-state index contributed by atoms with van der Waals surface area (Å²) in [7, 11) is 0. The number of aryl methyl sites for hydroxylation is 1. The molecule has 0 aliphatic heterocycles. The summed E-state index contributed by atoms with van der Waals surface area (Å²) >= 11 is 5.95. The molecule has 1 unspecified atom stereocenters. The van der Waals surface area contributed by atoms with E-state index in [1.54, 1.807) is 32.9 Å². The Morgan fingerprint density at radius 2 is 1.71 bits per heavy atom. The van der Waals surface area contributed by atoms with E-state index < -0.39 is 23.4 Å². The molecule has 0 spiro atoms. The van der Waals surface area contributed by atoms with E-state index in [1.165, 1.54) is 12.1 Å². The lowest BCUT2D eigenvalue weighted by atomic mass is 9.92. The third-order valence-corrected chi connectivity index (χ3v) is 6.61. The molecule has 0 aliphatic rings. The van der Waals surface area contributed by atoms with Crippen LogP contribution in [0.3, 0.4) is 0 Å². The van der Waals surface area contributed by atoms with E-state index in [9.17, 15) is 17.6 Å². The van der Waals surface area contributed by atoms with Crippen LogP contribution in [0.15, 0.2) is 59.0 Å². The molecule has 0 aliphatic carbocycles. The van der Waals surface area contributed by atoms with Gasteiger partial charge in [0.25, 0.3) is 0 Å². The molecule has 3 aromatic rings. The lowest BCUT2D eigenvalue weighted by Crippen LogP contribution is -2.04. The minimum atomic E-state index is -0.884. The van der Waals surface area contributed by atoms with Crippen LogP contribution in [0.2, 0.25) is 5.02 Å². The van der Waals surface area contributed by atoms with Gasteiger partial charge >= 0.3 is 0 Å². The largest absolute Gasteiger partial charge is 0.358 e. The van der Waals surface area contributed by atoms with Crippen LogP contribution in [0.1, 0.15) is 90.0 Å². The number of aromatic nitrogens is 1. The first kappa shape index (κ1) is 31.4. The van der Waals surface area contributed by atoms with Gasteiger partial charge in [0.15, 0.2) is 17.5 Å². The van der Waals surface area contributed by atoms with Gasteiger partial charge in [-0.25, -0.2) is 17.6 Å². The van der Waals surface area contributed by atoms with Crippen molar-refractivity contribution in [3.63, 3.8) is 0 Å². The maximum absolute atomic E-state index is 14.6. The van der Waals surface area contributed by atoms with Crippen molar-refractivity contribution in [2.45, 2.75) is 79.6 Å². The van der Waals surface area contributed by atoms with Crippen LogP contribution >= 0.6 is 11.6 Å². The monoisotopic (exact) mass is 548 g/mol. The quantitative estimate of drug-likeness (QED) is 0.156. The number of fused-ring (bicyclic) bond motifs is 1. The van der Waals surface area contributed by atoms with Gasteiger partial charge in [0.2, 0.25) is 0 Å². The third-order valence-electron chi connectivity index (χ3n) is 6.32. The highest BCUT2D eigenvalue weighted by Gasteiger charge is 2.24. The smallest absolute Gasteiger partial charge is 0.162 e. The molecule has 1 heterocycles. The first-order valence-electron chi connectivity index (χ1n) is 12.9. The van der Waals surface area contributed by atoms with Gasteiger partial charge in [-0.05, 0) is 74.9 Å². The van der Waals surface area contributed by atoms with Crippen molar-refractivity contribution >= 4 is 28.2 Å². The Morgan fingerprint density at radius 3 is 2.32 bits per heavy atom. The average molecular weight is 549 g/mol. The number of aliphatic imine (C=N–C) groups is 1. The predicted octanol–water partition coefficient (Wildman–Crippen LogP) is 10.8. The van der Waals surface area contributed by atoms with Crippen LogP contribution in [0.25, 0.3) is 10.9 Å². The number of benzene rings is 2. The first-order valence-corrected chi connectivity index (χ1v) is 13.3. The topological polar surface area (TPSA) is 28.1 Å². The zero-order chi connectivity index (χ0) is 28.6. The van der Waals surface area contributed by atoms with Gasteiger partial charge in [0.1, 0.15) is 5.83 Å². The van der Waals surface area contributed by atoms with Crippen LogP contribution in [0.5, 0.6) is 0 Å². The van der Waals surface area contributed by atoms with Crippen LogP contribution in [0, 0.1) is 17.5 Å². The molecule has 1 aromatic heterocycles. The summed E-state index contributed by atoms with van der Waals surface area (Å²) < 4.78 is 55.7. The van der Waals surface area contributed by atoms with Crippen LogP contribution < -0.4 is 0 Å². The maximum atomic E-state index is 14.6. The van der Waals surface area contributed by atoms with Gasteiger partial charge < -0.3 is 4.98 Å². The van der Waals surface area contributed by atoms with E-state index in [2.05, 4.69) is 23.5 Å². The molecule has 206 valence electrons. The minimum Gasteiger partial charge on any atom is -0.358 e. The van der Waals surface area contributed by atoms with Gasteiger partial charge in [0, 0.05) is 28.2 Å². The summed E-state index contributed by atoms with van der Waals surface area (Å²) in [6.07, 6.45) is 4.41. The second-order valence-corrected chi connectivity index (χ2v) is 9.95. The van der Waals surface area contributed by atoms with Gasteiger partial charge in [-0.15, -0.1) is 0 Å². The van der Waals surface area contributed by atoms with E-state index in [0.717, 1.165) is 43.0 Å². The van der Waals surface area contributed by atoms with Crippen molar-refractivity contribution in [2.24, 2.45) is 4.99 Å². The lowest BCUT2D eigenvalue weighted by Gasteiger charge is -2.15. The molecule has 1 atom stereocenters. The molecule has 2 nitrogen and oxygen atoms in total. The fourth-order valence-electron chi connectivity index (χ4n) is 4.36. The predicted molar refractivity (Wildman–Crippen MR) is 152 cm³/mol. The Kier molecular flexibility index (Phi) is 11.8. The number of unbranched alkanes of at least 4 members (excludes halogenated alkanes) is 1. The highest BCUT2D eigenvalue weighted by Crippen LogP contribution is 2.37. The van der Waals surface area contributed by atoms with E-state index >= 15 is 0 Å². The molecular formula is C31H37ClF4N2. The van der Waals surface area contributed by atoms with Crippen LogP contribution in [-0.4, -0.2) is 10.7 Å². The van der Waals surface area contributed by atoms with Crippen LogP contribution in [0.4, 0.5) is 17.6 Å². The van der Waals surface area contributed by atoms with Crippen molar-refractivity contribution < 1.29 is 17.6 Å². The maximum Gasteiger partial charge on any atom is 0.162 e. The molecule has 0 radical (unpaired) electrons. The average Bonchev–Trinajstić information content (AvgIpc) is 3.25.